The van der Waals surface area contributed by atoms with Gasteiger partial charge in [0.15, 0.2) is 0 Å². The van der Waals surface area contributed by atoms with Crippen molar-refractivity contribution in [3.63, 3.8) is 0 Å². The third-order valence-corrected chi connectivity index (χ3v) is 7.03. The molecule has 2 aromatic carbocycles. The van der Waals surface area contributed by atoms with Gasteiger partial charge in [-0.25, -0.2) is 9.78 Å². The number of nitrogens with one attached hydrogen (secondary N) is 1. The number of aromatic nitrogens is 2. The van der Waals surface area contributed by atoms with Crippen molar-refractivity contribution >= 4 is 22.9 Å². The van der Waals surface area contributed by atoms with E-state index in [1.54, 1.807) is 36.8 Å². The number of carboxylic acid groups (broad SMARTS) is 1. The number of aliphatic carboxylic acids is 1. The highest BCUT2D eigenvalue weighted by Gasteiger charge is 2.35. The van der Waals surface area contributed by atoms with Crippen LogP contribution in [-0.4, -0.2) is 37.2 Å². The van der Waals surface area contributed by atoms with Crippen LogP contribution in [-0.2, 0) is 11.2 Å². The molecule has 0 spiro atoms. The second-order valence-corrected chi connectivity index (χ2v) is 9.75. The van der Waals surface area contributed by atoms with E-state index in [4.69, 9.17) is 9.40 Å². The molecule has 186 valence electrons. The Kier molecular flexibility index (Phi) is 6.26. The number of hydrogen-bond donors (Lipinski definition) is 3. The second-order valence-electron chi connectivity index (χ2n) is 9.75. The topological polar surface area (TPSA) is 118 Å². The van der Waals surface area contributed by atoms with Crippen LogP contribution in [0.25, 0.3) is 22.4 Å². The highest BCUT2D eigenvalue weighted by molar-refractivity contribution is 6.00. The Morgan fingerprint density at radius 3 is 2.53 bits per heavy atom. The van der Waals surface area contributed by atoms with Crippen molar-refractivity contribution < 1.29 is 24.2 Å². The number of fused-ring (bicyclic) bond motifs is 1. The van der Waals surface area contributed by atoms with Gasteiger partial charge in [0.05, 0.1) is 22.9 Å². The summed E-state index contributed by atoms with van der Waals surface area (Å²) in [6.07, 6.45) is 9.10. The Hall–Kier alpha value is -4.07. The van der Waals surface area contributed by atoms with Crippen LogP contribution in [0.2, 0.25) is 0 Å². The molecule has 4 aromatic rings. The highest BCUT2D eigenvalue weighted by Crippen LogP contribution is 2.36. The summed E-state index contributed by atoms with van der Waals surface area (Å²) in [5.74, 6) is -0.729. The number of amides is 1. The minimum absolute atomic E-state index is 0.0670. The van der Waals surface area contributed by atoms with Crippen LogP contribution >= 0.6 is 0 Å². The van der Waals surface area contributed by atoms with Crippen molar-refractivity contribution in [1.29, 1.82) is 0 Å². The largest absolute Gasteiger partial charge is 0.508 e. The fourth-order valence-electron chi connectivity index (χ4n) is 5.06. The van der Waals surface area contributed by atoms with Crippen molar-refractivity contribution in [1.82, 2.24) is 14.9 Å². The van der Waals surface area contributed by atoms with Crippen molar-refractivity contribution in [3.8, 4) is 17.1 Å². The number of carboxylic acids is 1. The number of nitrogens with zero attached hydrogens (tertiary/aromatic N) is 2. The second kappa shape index (κ2) is 9.53. The molecule has 1 aliphatic rings. The molecule has 0 saturated heterocycles. The Morgan fingerprint density at radius 1 is 1.11 bits per heavy atom. The molecule has 1 fully saturated rings. The third-order valence-electron chi connectivity index (χ3n) is 7.03. The molecule has 0 radical (unpaired) electrons. The number of phenolic OH excluding ortho intramolecular Hbond substituents is 1. The van der Waals surface area contributed by atoms with E-state index in [1.165, 1.54) is 38.3 Å². The maximum Gasteiger partial charge on any atom is 0.329 e. The van der Waals surface area contributed by atoms with Crippen LogP contribution in [0.5, 0.6) is 5.75 Å². The summed E-state index contributed by atoms with van der Waals surface area (Å²) in [4.78, 5) is 30.2. The normalized spacial score (nSPS) is 16.0. The van der Waals surface area contributed by atoms with E-state index in [-0.39, 0.29) is 12.2 Å². The zero-order valence-electron chi connectivity index (χ0n) is 20.1. The molecule has 2 heterocycles. The van der Waals surface area contributed by atoms with E-state index in [1.807, 2.05) is 12.1 Å². The van der Waals surface area contributed by atoms with E-state index >= 15 is 0 Å². The first-order valence-corrected chi connectivity index (χ1v) is 12.2. The molecule has 1 atom stereocenters. The first-order chi connectivity index (χ1) is 17.3. The third kappa shape index (κ3) is 4.58. The highest BCUT2D eigenvalue weighted by atomic mass is 16.4. The molecule has 8 heteroatoms. The lowest BCUT2D eigenvalue weighted by Gasteiger charge is -2.26. The molecule has 0 aliphatic heterocycles. The minimum atomic E-state index is -1.54. The quantitative estimate of drug-likeness (QED) is 0.325. The molecule has 1 amide bonds. The van der Waals surface area contributed by atoms with Gasteiger partial charge in [0, 0.05) is 18.0 Å². The van der Waals surface area contributed by atoms with Gasteiger partial charge in [0.1, 0.15) is 23.4 Å². The number of furan rings is 1. The summed E-state index contributed by atoms with van der Waals surface area (Å²) in [5, 5.41) is 22.1. The molecule has 2 aromatic heterocycles. The van der Waals surface area contributed by atoms with Crippen molar-refractivity contribution in [3.05, 3.63) is 72.2 Å². The number of phenols is 1. The Balaban J connectivity index is 1.46. The summed E-state index contributed by atoms with van der Waals surface area (Å²) < 4.78 is 7.57. The zero-order valence-corrected chi connectivity index (χ0v) is 20.1. The van der Waals surface area contributed by atoms with Gasteiger partial charge >= 0.3 is 5.97 Å². The average Bonchev–Trinajstić information content (AvgIpc) is 3.53. The lowest BCUT2D eigenvalue weighted by atomic mass is 9.92. The molecule has 1 saturated carbocycles. The van der Waals surface area contributed by atoms with Crippen LogP contribution in [0, 0.1) is 0 Å². The standard InChI is InChI=1S/C28H29N3O5/c1-28(27(34)35,16-18-7-10-22(32)11-8-18)30-26(33)19-9-12-24-23(15-19)29-25(20-13-14-36-17-20)31(24)21-5-3-2-4-6-21/h7-15,17,21,32H,2-6,16H2,1H3,(H,30,33)(H,34,35). The fraction of sp³-hybridized carbons (Fsp3) is 0.321. The molecule has 5 rings (SSSR count). The number of benzene rings is 2. The van der Waals surface area contributed by atoms with Gasteiger partial charge in [0.25, 0.3) is 5.91 Å². The van der Waals surface area contributed by atoms with Crippen LogP contribution in [0.1, 0.15) is 61.0 Å². The molecule has 1 aliphatic carbocycles. The van der Waals surface area contributed by atoms with Gasteiger partial charge in [-0.3, -0.25) is 4.79 Å². The van der Waals surface area contributed by atoms with Gasteiger partial charge < -0.3 is 24.5 Å². The van der Waals surface area contributed by atoms with E-state index in [2.05, 4.69) is 9.88 Å². The SMILES string of the molecule is CC(Cc1ccc(O)cc1)(NC(=O)c1ccc2c(c1)nc(-c1ccoc1)n2C1CCCCC1)C(=O)O. The lowest BCUT2D eigenvalue weighted by molar-refractivity contribution is -0.143. The number of rotatable bonds is 7. The van der Waals surface area contributed by atoms with E-state index < -0.39 is 17.4 Å². The number of carbonyl (C=O) groups is 2. The molecule has 0 bridgehead atoms. The minimum Gasteiger partial charge on any atom is -0.508 e. The van der Waals surface area contributed by atoms with Crippen LogP contribution in [0.3, 0.4) is 0 Å². The van der Waals surface area contributed by atoms with Crippen molar-refractivity contribution in [2.45, 2.75) is 57.0 Å². The first-order valence-electron chi connectivity index (χ1n) is 12.2. The summed E-state index contributed by atoms with van der Waals surface area (Å²) in [5.41, 5.74) is 2.00. The summed E-state index contributed by atoms with van der Waals surface area (Å²) in [6.45, 7) is 1.48. The summed E-state index contributed by atoms with van der Waals surface area (Å²) >= 11 is 0. The van der Waals surface area contributed by atoms with Gasteiger partial charge in [0.2, 0.25) is 0 Å². The smallest absolute Gasteiger partial charge is 0.329 e. The van der Waals surface area contributed by atoms with Crippen LogP contribution < -0.4 is 5.32 Å². The number of hydrogen-bond acceptors (Lipinski definition) is 5. The number of imidazole rings is 1. The molecular weight excluding hydrogens is 458 g/mol. The molecule has 3 N–H and O–H groups in total. The Bertz CT molecular complexity index is 1380. The van der Waals surface area contributed by atoms with Crippen molar-refractivity contribution in [2.75, 3.05) is 0 Å². The Labute approximate surface area is 208 Å². The van der Waals surface area contributed by atoms with Crippen LogP contribution in [0.4, 0.5) is 0 Å². The maximum atomic E-state index is 13.2. The monoisotopic (exact) mass is 487 g/mol. The van der Waals surface area contributed by atoms with Gasteiger partial charge in [-0.05, 0) is 61.7 Å². The van der Waals surface area contributed by atoms with E-state index in [0.717, 1.165) is 29.7 Å². The van der Waals surface area contributed by atoms with Crippen molar-refractivity contribution in [2.24, 2.45) is 0 Å². The predicted molar refractivity (Wildman–Crippen MR) is 135 cm³/mol. The van der Waals surface area contributed by atoms with E-state index in [0.29, 0.717) is 22.7 Å². The van der Waals surface area contributed by atoms with Gasteiger partial charge in [-0.2, -0.15) is 0 Å². The number of carbonyl (C=O) groups excluding carboxylic acids is 1. The fourth-order valence-corrected chi connectivity index (χ4v) is 5.06. The molecular formula is C28H29N3O5. The zero-order chi connectivity index (χ0) is 25.3. The number of aromatic hydroxyl groups is 1. The first kappa shape index (κ1) is 23.7. The average molecular weight is 488 g/mol. The van der Waals surface area contributed by atoms with Gasteiger partial charge in [-0.15, -0.1) is 0 Å². The lowest BCUT2D eigenvalue weighted by Crippen LogP contribution is -2.53. The molecule has 36 heavy (non-hydrogen) atoms. The molecule has 8 nitrogen and oxygen atoms in total. The van der Waals surface area contributed by atoms with E-state index in [9.17, 15) is 19.8 Å². The predicted octanol–water partition coefficient (Wildman–Crippen LogP) is 5.32. The summed E-state index contributed by atoms with van der Waals surface area (Å²) in [6, 6.07) is 13.8. The maximum absolute atomic E-state index is 13.2. The summed E-state index contributed by atoms with van der Waals surface area (Å²) in [7, 11) is 0. The molecule has 1 unspecified atom stereocenters. The van der Waals surface area contributed by atoms with Crippen LogP contribution in [0.15, 0.2) is 65.5 Å². The van der Waals surface area contributed by atoms with Gasteiger partial charge in [-0.1, -0.05) is 31.4 Å². The Morgan fingerprint density at radius 2 is 1.86 bits per heavy atom.